The predicted octanol–water partition coefficient (Wildman–Crippen LogP) is 3.33. The summed E-state index contributed by atoms with van der Waals surface area (Å²) in [6.45, 7) is 0. The van der Waals surface area contributed by atoms with Crippen LogP contribution in [0.3, 0.4) is 0 Å². The van der Waals surface area contributed by atoms with Crippen LogP contribution < -0.4 is 10.6 Å². The van der Waals surface area contributed by atoms with Crippen LogP contribution in [0, 0.1) is 11.3 Å². The molecule has 0 bridgehead atoms. The molecule has 0 fully saturated rings. The van der Waals surface area contributed by atoms with E-state index in [1.165, 1.54) is 0 Å². The number of rotatable bonds is 5. The van der Waals surface area contributed by atoms with E-state index in [1.54, 1.807) is 47.7 Å². The summed E-state index contributed by atoms with van der Waals surface area (Å²) in [6.07, 6.45) is 0.324. The van der Waals surface area contributed by atoms with Gasteiger partial charge in [-0.15, -0.1) is 21.5 Å². The molecular weight excluding hydrogens is 322 g/mol. The number of nitriles is 1. The molecule has 2 N–H and O–H groups in total. The number of nitrogens with one attached hydrogen (secondary N) is 2. The number of amides is 1. The van der Waals surface area contributed by atoms with Gasteiger partial charge in [0.25, 0.3) is 0 Å². The minimum atomic E-state index is -0.125. The van der Waals surface area contributed by atoms with Crippen LogP contribution in [0.1, 0.15) is 10.4 Å². The Bertz CT molecular complexity index is 852. The SMILES string of the molecule is N#Cc1ccc(Nc2ccc(NC(=O)Cc3cccs3)nn2)cc1. The van der Waals surface area contributed by atoms with Crippen LogP contribution in [-0.4, -0.2) is 16.1 Å². The molecule has 0 aliphatic carbocycles. The van der Waals surface area contributed by atoms with Crippen molar-refractivity contribution < 1.29 is 4.79 Å². The van der Waals surface area contributed by atoms with Crippen molar-refractivity contribution in [2.24, 2.45) is 0 Å². The van der Waals surface area contributed by atoms with E-state index in [4.69, 9.17) is 5.26 Å². The molecule has 3 aromatic rings. The zero-order valence-corrected chi connectivity index (χ0v) is 13.4. The maximum Gasteiger partial charge on any atom is 0.230 e. The minimum Gasteiger partial charge on any atom is -0.339 e. The fourth-order valence-corrected chi connectivity index (χ4v) is 2.70. The number of thiophene rings is 1. The van der Waals surface area contributed by atoms with E-state index in [2.05, 4.69) is 26.9 Å². The molecule has 0 saturated heterocycles. The second-order valence-electron chi connectivity index (χ2n) is 4.92. The average molecular weight is 335 g/mol. The molecule has 2 aromatic heterocycles. The van der Waals surface area contributed by atoms with Gasteiger partial charge in [0, 0.05) is 10.6 Å². The lowest BCUT2D eigenvalue weighted by Gasteiger charge is -2.06. The third-order valence-corrected chi connectivity index (χ3v) is 4.01. The molecule has 0 aliphatic rings. The van der Waals surface area contributed by atoms with Crippen LogP contribution >= 0.6 is 11.3 Å². The monoisotopic (exact) mass is 335 g/mol. The Morgan fingerprint density at radius 1 is 1.08 bits per heavy atom. The van der Waals surface area contributed by atoms with Gasteiger partial charge in [0.15, 0.2) is 11.6 Å². The summed E-state index contributed by atoms with van der Waals surface area (Å²) >= 11 is 1.54. The van der Waals surface area contributed by atoms with Gasteiger partial charge in [-0.3, -0.25) is 4.79 Å². The van der Waals surface area contributed by atoms with Gasteiger partial charge in [-0.05, 0) is 47.8 Å². The number of aromatic nitrogens is 2. The third-order valence-electron chi connectivity index (χ3n) is 3.13. The van der Waals surface area contributed by atoms with Crippen molar-refractivity contribution in [3.63, 3.8) is 0 Å². The predicted molar refractivity (Wildman–Crippen MR) is 93.1 cm³/mol. The van der Waals surface area contributed by atoms with Crippen LogP contribution in [0.15, 0.2) is 53.9 Å². The van der Waals surface area contributed by atoms with Crippen molar-refractivity contribution in [2.45, 2.75) is 6.42 Å². The fourth-order valence-electron chi connectivity index (χ4n) is 2.00. The number of hydrogen-bond acceptors (Lipinski definition) is 6. The van der Waals surface area contributed by atoms with Gasteiger partial charge in [0.05, 0.1) is 18.1 Å². The van der Waals surface area contributed by atoms with Crippen molar-refractivity contribution in [3.8, 4) is 6.07 Å². The summed E-state index contributed by atoms with van der Waals surface area (Å²) in [6, 6.07) is 16.3. The first-order valence-corrected chi connectivity index (χ1v) is 8.04. The first kappa shape index (κ1) is 15.6. The zero-order valence-electron chi connectivity index (χ0n) is 12.6. The topological polar surface area (TPSA) is 90.7 Å². The van der Waals surface area contributed by atoms with E-state index in [0.29, 0.717) is 23.6 Å². The third kappa shape index (κ3) is 4.15. The molecule has 0 atom stereocenters. The van der Waals surface area contributed by atoms with Crippen LogP contribution in [0.2, 0.25) is 0 Å². The summed E-state index contributed by atoms with van der Waals surface area (Å²) in [5, 5.41) is 24.5. The van der Waals surface area contributed by atoms with Crippen LogP contribution in [0.4, 0.5) is 17.3 Å². The standard InChI is InChI=1S/C17H13N5OS/c18-11-12-3-5-13(6-4-12)19-15-7-8-16(22-21-15)20-17(23)10-14-2-1-9-24-14/h1-9H,10H2,(H,19,21)(H,20,22,23). The highest BCUT2D eigenvalue weighted by molar-refractivity contribution is 7.10. The summed E-state index contributed by atoms with van der Waals surface area (Å²) < 4.78 is 0. The first-order chi connectivity index (χ1) is 11.7. The Kier molecular flexibility index (Phi) is 4.79. The Balaban J connectivity index is 1.58. The number of anilines is 3. The number of carbonyl (C=O) groups is 1. The second kappa shape index (κ2) is 7.35. The number of benzene rings is 1. The zero-order chi connectivity index (χ0) is 16.8. The Morgan fingerprint density at radius 2 is 1.83 bits per heavy atom. The van der Waals surface area contributed by atoms with E-state index in [1.807, 2.05) is 17.5 Å². The van der Waals surface area contributed by atoms with E-state index < -0.39 is 0 Å². The lowest BCUT2D eigenvalue weighted by molar-refractivity contribution is -0.115. The average Bonchev–Trinajstić information content (AvgIpc) is 3.10. The smallest absolute Gasteiger partial charge is 0.230 e. The molecule has 0 unspecified atom stereocenters. The molecule has 1 aromatic carbocycles. The summed E-state index contributed by atoms with van der Waals surface area (Å²) in [4.78, 5) is 12.9. The van der Waals surface area contributed by atoms with Crippen LogP contribution in [-0.2, 0) is 11.2 Å². The lowest BCUT2D eigenvalue weighted by Crippen LogP contribution is -2.15. The molecule has 0 spiro atoms. The largest absolute Gasteiger partial charge is 0.339 e. The fraction of sp³-hybridized carbons (Fsp3) is 0.0588. The molecule has 6 nitrogen and oxygen atoms in total. The Hall–Kier alpha value is -3.24. The van der Waals surface area contributed by atoms with Crippen molar-refractivity contribution in [1.82, 2.24) is 10.2 Å². The van der Waals surface area contributed by atoms with Crippen molar-refractivity contribution in [1.29, 1.82) is 5.26 Å². The molecule has 118 valence electrons. The van der Waals surface area contributed by atoms with Gasteiger partial charge in [0.1, 0.15) is 0 Å². The highest BCUT2D eigenvalue weighted by atomic mass is 32.1. The van der Waals surface area contributed by atoms with E-state index in [0.717, 1.165) is 10.6 Å². The number of nitrogens with zero attached hydrogens (tertiary/aromatic N) is 3. The van der Waals surface area contributed by atoms with Gasteiger partial charge in [-0.1, -0.05) is 6.07 Å². The Morgan fingerprint density at radius 3 is 2.46 bits per heavy atom. The van der Waals surface area contributed by atoms with Gasteiger partial charge in [-0.25, -0.2) is 0 Å². The van der Waals surface area contributed by atoms with Crippen molar-refractivity contribution in [2.75, 3.05) is 10.6 Å². The molecule has 2 heterocycles. The van der Waals surface area contributed by atoms with Gasteiger partial charge < -0.3 is 10.6 Å². The first-order valence-electron chi connectivity index (χ1n) is 7.16. The molecule has 24 heavy (non-hydrogen) atoms. The van der Waals surface area contributed by atoms with E-state index in [-0.39, 0.29) is 5.91 Å². The molecule has 0 saturated carbocycles. The molecular formula is C17H13N5OS. The van der Waals surface area contributed by atoms with Crippen LogP contribution in [0.25, 0.3) is 0 Å². The quantitative estimate of drug-likeness (QED) is 0.746. The minimum absolute atomic E-state index is 0.125. The molecule has 0 aliphatic heterocycles. The van der Waals surface area contributed by atoms with Gasteiger partial charge >= 0.3 is 0 Å². The second-order valence-corrected chi connectivity index (χ2v) is 5.95. The maximum atomic E-state index is 11.9. The Labute approximate surface area is 142 Å². The highest BCUT2D eigenvalue weighted by Crippen LogP contribution is 2.16. The van der Waals surface area contributed by atoms with Gasteiger partial charge in [-0.2, -0.15) is 5.26 Å². The van der Waals surface area contributed by atoms with Crippen LogP contribution in [0.5, 0.6) is 0 Å². The highest BCUT2D eigenvalue weighted by Gasteiger charge is 2.06. The summed E-state index contributed by atoms with van der Waals surface area (Å²) in [7, 11) is 0. The van der Waals surface area contributed by atoms with E-state index in [9.17, 15) is 4.79 Å². The summed E-state index contributed by atoms with van der Waals surface area (Å²) in [5.74, 6) is 0.831. The van der Waals surface area contributed by atoms with E-state index >= 15 is 0 Å². The molecule has 7 heteroatoms. The summed E-state index contributed by atoms with van der Waals surface area (Å²) in [5.41, 5.74) is 1.40. The molecule has 0 radical (unpaired) electrons. The number of hydrogen-bond donors (Lipinski definition) is 2. The number of carbonyl (C=O) groups excluding carboxylic acids is 1. The van der Waals surface area contributed by atoms with Crippen molar-refractivity contribution in [3.05, 3.63) is 64.4 Å². The molecule has 1 amide bonds. The van der Waals surface area contributed by atoms with Gasteiger partial charge in [0.2, 0.25) is 5.91 Å². The lowest BCUT2D eigenvalue weighted by atomic mass is 10.2. The van der Waals surface area contributed by atoms with Crippen molar-refractivity contribution >= 4 is 34.6 Å². The maximum absolute atomic E-state index is 11.9. The molecule has 3 rings (SSSR count). The normalized spacial score (nSPS) is 9.96.